The molecule has 108 valence electrons. The summed E-state index contributed by atoms with van der Waals surface area (Å²) in [6, 6.07) is 1.84. The third kappa shape index (κ3) is 5.76. The molecule has 0 radical (unpaired) electrons. The third-order valence-corrected chi connectivity index (χ3v) is 3.24. The fourth-order valence-corrected chi connectivity index (χ4v) is 2.12. The van der Waals surface area contributed by atoms with E-state index < -0.39 is 0 Å². The van der Waals surface area contributed by atoms with Crippen LogP contribution in [-0.2, 0) is 4.79 Å². The Bertz CT molecular complexity index is 395. The summed E-state index contributed by atoms with van der Waals surface area (Å²) < 4.78 is 0. The van der Waals surface area contributed by atoms with Gasteiger partial charge in [-0.05, 0) is 50.4 Å². The van der Waals surface area contributed by atoms with Crippen LogP contribution in [0.3, 0.4) is 0 Å². The average molecular weight is 306 g/mol. The summed E-state index contributed by atoms with van der Waals surface area (Å²) in [6.45, 7) is 4.10. The van der Waals surface area contributed by atoms with Crippen LogP contribution < -0.4 is 10.6 Å². The molecular formula is C13H21Cl2N3O. The summed E-state index contributed by atoms with van der Waals surface area (Å²) in [4.78, 5) is 15.8. The number of carbonyl (C=O) groups excluding carboxylic acids is 1. The first-order valence-electron chi connectivity index (χ1n) is 6.17. The van der Waals surface area contributed by atoms with Crippen molar-refractivity contribution in [1.29, 1.82) is 0 Å². The van der Waals surface area contributed by atoms with Crippen LogP contribution in [0, 0.1) is 12.8 Å². The molecule has 1 fully saturated rings. The van der Waals surface area contributed by atoms with E-state index in [1.54, 1.807) is 12.4 Å². The molecule has 0 aliphatic carbocycles. The van der Waals surface area contributed by atoms with E-state index in [-0.39, 0.29) is 30.7 Å². The van der Waals surface area contributed by atoms with Crippen LogP contribution in [-0.4, -0.2) is 24.0 Å². The lowest BCUT2D eigenvalue weighted by molar-refractivity contribution is -0.116. The molecule has 1 unspecified atom stereocenters. The van der Waals surface area contributed by atoms with Gasteiger partial charge in [0.1, 0.15) is 0 Å². The fraction of sp³-hybridized carbons (Fsp3) is 0.538. The molecule has 6 heteroatoms. The molecule has 1 aromatic heterocycles. The average Bonchev–Trinajstić information content (AvgIpc) is 2.82. The van der Waals surface area contributed by atoms with Crippen LogP contribution in [0.1, 0.15) is 24.8 Å². The SMILES string of the molecule is Cc1cnccc1NC(=O)CCC1CCNC1.Cl.Cl. The summed E-state index contributed by atoms with van der Waals surface area (Å²) >= 11 is 0. The van der Waals surface area contributed by atoms with Crippen molar-refractivity contribution in [2.24, 2.45) is 5.92 Å². The molecule has 1 saturated heterocycles. The number of hydrogen-bond acceptors (Lipinski definition) is 3. The van der Waals surface area contributed by atoms with Gasteiger partial charge in [-0.15, -0.1) is 24.8 Å². The Labute approximate surface area is 126 Å². The van der Waals surface area contributed by atoms with Gasteiger partial charge in [-0.3, -0.25) is 9.78 Å². The van der Waals surface area contributed by atoms with E-state index in [0.717, 1.165) is 30.8 Å². The second-order valence-electron chi connectivity index (χ2n) is 4.64. The lowest BCUT2D eigenvalue weighted by Crippen LogP contribution is -2.15. The number of aryl methyl sites for hydroxylation is 1. The normalized spacial score (nSPS) is 17.2. The largest absolute Gasteiger partial charge is 0.326 e. The molecule has 1 amide bonds. The van der Waals surface area contributed by atoms with Crippen LogP contribution >= 0.6 is 24.8 Å². The van der Waals surface area contributed by atoms with Gasteiger partial charge < -0.3 is 10.6 Å². The topological polar surface area (TPSA) is 54.0 Å². The molecule has 2 rings (SSSR count). The molecule has 1 aliphatic rings. The number of anilines is 1. The Hall–Kier alpha value is -0.840. The van der Waals surface area contributed by atoms with Crippen molar-refractivity contribution in [3.63, 3.8) is 0 Å². The van der Waals surface area contributed by atoms with Gasteiger partial charge in [0, 0.05) is 24.5 Å². The van der Waals surface area contributed by atoms with Crippen molar-refractivity contribution in [3.8, 4) is 0 Å². The molecule has 19 heavy (non-hydrogen) atoms. The summed E-state index contributed by atoms with van der Waals surface area (Å²) in [6.07, 6.45) is 6.23. The second kappa shape index (κ2) is 9.13. The number of rotatable bonds is 4. The molecule has 1 aliphatic heterocycles. The zero-order valence-corrected chi connectivity index (χ0v) is 12.6. The van der Waals surface area contributed by atoms with Crippen molar-refractivity contribution in [3.05, 3.63) is 24.0 Å². The van der Waals surface area contributed by atoms with Crippen LogP contribution in [0.15, 0.2) is 18.5 Å². The number of hydrogen-bond donors (Lipinski definition) is 2. The molecule has 1 atom stereocenters. The Morgan fingerprint density at radius 3 is 2.95 bits per heavy atom. The zero-order valence-electron chi connectivity index (χ0n) is 11.0. The molecule has 0 spiro atoms. The highest BCUT2D eigenvalue weighted by molar-refractivity contribution is 5.91. The molecule has 4 nitrogen and oxygen atoms in total. The van der Waals surface area contributed by atoms with E-state index in [1.165, 1.54) is 6.42 Å². The minimum absolute atomic E-state index is 0. The molecule has 0 bridgehead atoms. The number of aromatic nitrogens is 1. The summed E-state index contributed by atoms with van der Waals surface area (Å²) in [5.74, 6) is 0.769. The number of nitrogens with zero attached hydrogens (tertiary/aromatic N) is 1. The van der Waals surface area contributed by atoms with Crippen molar-refractivity contribution in [2.45, 2.75) is 26.2 Å². The number of pyridine rings is 1. The van der Waals surface area contributed by atoms with Gasteiger partial charge in [-0.2, -0.15) is 0 Å². The standard InChI is InChI=1S/C13H19N3O.2ClH/c1-10-8-14-7-5-12(10)16-13(17)3-2-11-4-6-15-9-11;;/h5,7-8,11,15H,2-4,6,9H2,1H3,(H,14,16,17);2*1H. The van der Waals surface area contributed by atoms with E-state index in [2.05, 4.69) is 15.6 Å². The molecule has 0 aromatic carbocycles. The monoisotopic (exact) mass is 305 g/mol. The molecular weight excluding hydrogens is 285 g/mol. The molecule has 0 saturated carbocycles. The zero-order chi connectivity index (χ0) is 12.1. The predicted octanol–water partition coefficient (Wildman–Crippen LogP) is 2.56. The van der Waals surface area contributed by atoms with Crippen molar-refractivity contribution in [2.75, 3.05) is 18.4 Å². The minimum atomic E-state index is 0. The lowest BCUT2D eigenvalue weighted by atomic mass is 10.0. The van der Waals surface area contributed by atoms with E-state index in [0.29, 0.717) is 12.3 Å². The number of carbonyl (C=O) groups is 1. The van der Waals surface area contributed by atoms with E-state index in [9.17, 15) is 4.79 Å². The lowest BCUT2D eigenvalue weighted by Gasteiger charge is -2.09. The summed E-state index contributed by atoms with van der Waals surface area (Å²) in [5, 5.41) is 6.25. The summed E-state index contributed by atoms with van der Waals surface area (Å²) in [5.41, 5.74) is 1.87. The Balaban J connectivity index is 0.00000162. The van der Waals surface area contributed by atoms with Gasteiger partial charge in [0.05, 0.1) is 0 Å². The van der Waals surface area contributed by atoms with Crippen LogP contribution in [0.4, 0.5) is 5.69 Å². The number of nitrogens with one attached hydrogen (secondary N) is 2. The van der Waals surface area contributed by atoms with Gasteiger partial charge in [0.2, 0.25) is 5.91 Å². The summed E-state index contributed by atoms with van der Waals surface area (Å²) in [7, 11) is 0. The van der Waals surface area contributed by atoms with Gasteiger partial charge in [-0.25, -0.2) is 0 Å². The van der Waals surface area contributed by atoms with E-state index in [1.807, 2.05) is 13.0 Å². The Morgan fingerprint density at radius 1 is 1.53 bits per heavy atom. The van der Waals surface area contributed by atoms with Crippen molar-refractivity contribution >= 4 is 36.4 Å². The van der Waals surface area contributed by atoms with Crippen molar-refractivity contribution in [1.82, 2.24) is 10.3 Å². The van der Waals surface area contributed by atoms with Gasteiger partial charge in [0.15, 0.2) is 0 Å². The van der Waals surface area contributed by atoms with Gasteiger partial charge in [-0.1, -0.05) is 0 Å². The molecule has 2 N–H and O–H groups in total. The number of amides is 1. The Morgan fingerprint density at radius 2 is 2.32 bits per heavy atom. The molecule has 1 aromatic rings. The van der Waals surface area contributed by atoms with Crippen molar-refractivity contribution < 1.29 is 4.79 Å². The first-order valence-corrected chi connectivity index (χ1v) is 6.17. The van der Waals surface area contributed by atoms with Crippen LogP contribution in [0.2, 0.25) is 0 Å². The second-order valence-corrected chi connectivity index (χ2v) is 4.64. The highest BCUT2D eigenvalue weighted by Gasteiger charge is 2.15. The maximum absolute atomic E-state index is 11.8. The van der Waals surface area contributed by atoms with Crippen LogP contribution in [0.25, 0.3) is 0 Å². The van der Waals surface area contributed by atoms with Crippen LogP contribution in [0.5, 0.6) is 0 Å². The third-order valence-electron chi connectivity index (χ3n) is 3.24. The maximum Gasteiger partial charge on any atom is 0.224 e. The highest BCUT2D eigenvalue weighted by atomic mass is 35.5. The van der Waals surface area contributed by atoms with E-state index in [4.69, 9.17) is 0 Å². The minimum Gasteiger partial charge on any atom is -0.326 e. The fourth-order valence-electron chi connectivity index (χ4n) is 2.12. The Kier molecular flexibility index (Phi) is 8.72. The first kappa shape index (κ1) is 18.2. The predicted molar refractivity (Wildman–Crippen MR) is 82.3 cm³/mol. The highest BCUT2D eigenvalue weighted by Crippen LogP contribution is 2.16. The quantitative estimate of drug-likeness (QED) is 0.899. The first-order chi connectivity index (χ1) is 8.25. The number of halogens is 2. The van der Waals surface area contributed by atoms with Gasteiger partial charge in [0.25, 0.3) is 0 Å². The smallest absolute Gasteiger partial charge is 0.224 e. The molecule has 2 heterocycles. The van der Waals surface area contributed by atoms with E-state index >= 15 is 0 Å². The van der Waals surface area contributed by atoms with Gasteiger partial charge >= 0.3 is 0 Å². The maximum atomic E-state index is 11.8.